The van der Waals surface area contributed by atoms with E-state index in [0.717, 1.165) is 0 Å². The number of nitrogens with zero attached hydrogens (tertiary/aromatic N) is 1. The van der Waals surface area contributed by atoms with Crippen LogP contribution in [0.3, 0.4) is 0 Å². The summed E-state index contributed by atoms with van der Waals surface area (Å²) < 4.78 is 4.92. The van der Waals surface area contributed by atoms with Crippen molar-refractivity contribution < 1.29 is 9.53 Å². The lowest BCUT2D eigenvalue weighted by Gasteiger charge is -2.02. The Morgan fingerprint density at radius 3 is 3.08 bits per heavy atom. The number of methoxy groups -OCH3 is 1. The molecule has 1 heterocycles. The van der Waals surface area contributed by atoms with Gasteiger partial charge < -0.3 is 4.74 Å². The summed E-state index contributed by atoms with van der Waals surface area (Å²) in [5.74, 6) is 0.349. The zero-order valence-electron chi connectivity index (χ0n) is 6.58. The van der Waals surface area contributed by atoms with Crippen LogP contribution >= 0.6 is 15.9 Å². The zero-order chi connectivity index (χ0) is 8.97. The third-order valence-corrected chi connectivity index (χ3v) is 1.90. The van der Waals surface area contributed by atoms with E-state index in [1.54, 1.807) is 18.3 Å². The second kappa shape index (κ2) is 4.21. The molecular formula is C8H8BrNO2. The van der Waals surface area contributed by atoms with E-state index in [1.807, 2.05) is 0 Å². The monoisotopic (exact) mass is 229 g/mol. The van der Waals surface area contributed by atoms with E-state index in [2.05, 4.69) is 20.9 Å². The predicted octanol–water partition coefficient (Wildman–Crippen LogP) is 1.67. The number of hydrogen-bond acceptors (Lipinski definition) is 3. The van der Waals surface area contributed by atoms with Crippen molar-refractivity contribution in [2.45, 2.75) is 0 Å². The van der Waals surface area contributed by atoms with Gasteiger partial charge in [-0.15, -0.1) is 0 Å². The van der Waals surface area contributed by atoms with Crippen LogP contribution in [0.15, 0.2) is 18.3 Å². The smallest absolute Gasteiger partial charge is 0.224 e. The van der Waals surface area contributed by atoms with Crippen LogP contribution in [0.5, 0.6) is 5.88 Å². The molecule has 64 valence electrons. The van der Waals surface area contributed by atoms with Crippen LogP contribution in [0.1, 0.15) is 10.4 Å². The summed E-state index contributed by atoms with van der Waals surface area (Å²) in [6.45, 7) is 0. The van der Waals surface area contributed by atoms with E-state index in [9.17, 15) is 4.79 Å². The fraction of sp³-hybridized carbons (Fsp3) is 0.250. The SMILES string of the molecule is COc1ncccc1C(=O)CBr. The van der Waals surface area contributed by atoms with Gasteiger partial charge in [0.1, 0.15) is 0 Å². The van der Waals surface area contributed by atoms with Gasteiger partial charge in [-0.25, -0.2) is 4.98 Å². The van der Waals surface area contributed by atoms with Crippen molar-refractivity contribution in [3.8, 4) is 5.88 Å². The van der Waals surface area contributed by atoms with Crippen molar-refractivity contribution in [2.75, 3.05) is 12.4 Å². The Morgan fingerprint density at radius 1 is 1.75 bits per heavy atom. The predicted molar refractivity (Wildman–Crippen MR) is 48.9 cm³/mol. The summed E-state index contributed by atoms with van der Waals surface area (Å²) in [6, 6.07) is 3.40. The largest absolute Gasteiger partial charge is 0.480 e. The fourth-order valence-electron chi connectivity index (χ4n) is 0.838. The molecule has 4 heteroatoms. The molecule has 1 aromatic heterocycles. The number of ketones is 1. The van der Waals surface area contributed by atoms with Gasteiger partial charge in [-0.05, 0) is 12.1 Å². The molecule has 0 bridgehead atoms. The number of hydrogen-bond donors (Lipinski definition) is 0. The average Bonchev–Trinajstić information content (AvgIpc) is 2.16. The van der Waals surface area contributed by atoms with Crippen LogP contribution < -0.4 is 4.74 Å². The fourth-order valence-corrected chi connectivity index (χ4v) is 1.14. The maximum Gasteiger partial charge on any atom is 0.224 e. The summed E-state index contributed by atoms with van der Waals surface area (Å²) >= 11 is 3.08. The van der Waals surface area contributed by atoms with Crippen molar-refractivity contribution in [1.29, 1.82) is 0 Å². The van der Waals surface area contributed by atoms with E-state index in [4.69, 9.17) is 4.74 Å². The minimum atomic E-state index is -0.0278. The van der Waals surface area contributed by atoms with Gasteiger partial charge in [0.15, 0.2) is 5.78 Å². The lowest BCUT2D eigenvalue weighted by atomic mass is 10.2. The van der Waals surface area contributed by atoms with E-state index in [0.29, 0.717) is 11.4 Å². The topological polar surface area (TPSA) is 39.2 Å². The number of pyridine rings is 1. The summed E-state index contributed by atoms with van der Waals surface area (Å²) in [5.41, 5.74) is 0.511. The van der Waals surface area contributed by atoms with Gasteiger partial charge in [-0.1, -0.05) is 15.9 Å². The molecule has 0 aliphatic rings. The first-order valence-corrected chi connectivity index (χ1v) is 4.50. The summed E-state index contributed by atoms with van der Waals surface area (Å²) in [5, 5.41) is 0.287. The van der Waals surface area contributed by atoms with Gasteiger partial charge in [0.25, 0.3) is 0 Å². The van der Waals surface area contributed by atoms with Gasteiger partial charge in [-0.2, -0.15) is 0 Å². The number of halogens is 1. The summed E-state index contributed by atoms with van der Waals surface area (Å²) in [4.78, 5) is 15.1. The zero-order valence-corrected chi connectivity index (χ0v) is 8.17. The lowest BCUT2D eigenvalue weighted by molar-refractivity contribution is 0.102. The first-order valence-electron chi connectivity index (χ1n) is 3.37. The normalized spacial score (nSPS) is 9.50. The Hall–Kier alpha value is -0.900. The van der Waals surface area contributed by atoms with Crippen molar-refractivity contribution in [2.24, 2.45) is 0 Å². The van der Waals surface area contributed by atoms with Gasteiger partial charge >= 0.3 is 0 Å². The van der Waals surface area contributed by atoms with Crippen molar-refractivity contribution in [3.63, 3.8) is 0 Å². The van der Waals surface area contributed by atoms with Gasteiger partial charge in [0, 0.05) is 6.20 Å². The second-order valence-corrected chi connectivity index (χ2v) is 2.68. The van der Waals surface area contributed by atoms with Crippen LogP contribution in [0.2, 0.25) is 0 Å². The molecule has 0 fully saturated rings. The summed E-state index contributed by atoms with van der Waals surface area (Å²) in [7, 11) is 1.49. The number of rotatable bonds is 3. The maximum atomic E-state index is 11.2. The molecule has 0 spiro atoms. The standard InChI is InChI=1S/C8H8BrNO2/c1-12-8-6(7(11)5-9)3-2-4-10-8/h2-4H,5H2,1H3. The van der Waals surface area contributed by atoms with Crippen LogP contribution in [-0.4, -0.2) is 23.2 Å². The number of ether oxygens (including phenoxy) is 1. The molecule has 0 saturated carbocycles. The molecule has 0 aromatic carbocycles. The molecule has 0 aliphatic carbocycles. The Balaban J connectivity index is 3.04. The molecule has 0 saturated heterocycles. The highest BCUT2D eigenvalue weighted by Gasteiger charge is 2.10. The Bertz CT molecular complexity index is 288. The molecule has 1 aromatic rings. The highest BCUT2D eigenvalue weighted by atomic mass is 79.9. The lowest BCUT2D eigenvalue weighted by Crippen LogP contribution is -2.03. The van der Waals surface area contributed by atoms with Crippen molar-refractivity contribution in [1.82, 2.24) is 4.98 Å². The molecule has 0 unspecified atom stereocenters. The molecule has 3 nitrogen and oxygen atoms in total. The quantitative estimate of drug-likeness (QED) is 0.585. The van der Waals surface area contributed by atoms with E-state index >= 15 is 0 Å². The average molecular weight is 230 g/mol. The van der Waals surface area contributed by atoms with Crippen LogP contribution in [0.4, 0.5) is 0 Å². The van der Waals surface area contributed by atoms with Crippen molar-refractivity contribution >= 4 is 21.7 Å². The number of aromatic nitrogens is 1. The van der Waals surface area contributed by atoms with Gasteiger partial charge in [-0.3, -0.25) is 4.79 Å². The highest BCUT2D eigenvalue weighted by Crippen LogP contribution is 2.14. The molecule has 12 heavy (non-hydrogen) atoms. The minimum Gasteiger partial charge on any atom is -0.480 e. The molecular weight excluding hydrogens is 222 g/mol. The van der Waals surface area contributed by atoms with Crippen LogP contribution in [-0.2, 0) is 0 Å². The van der Waals surface area contributed by atoms with Crippen molar-refractivity contribution in [3.05, 3.63) is 23.9 Å². The molecule has 0 radical (unpaired) electrons. The number of carbonyl (C=O) groups is 1. The van der Waals surface area contributed by atoms with Gasteiger partial charge in [0.2, 0.25) is 5.88 Å². The first-order chi connectivity index (χ1) is 5.79. The molecule has 1 rings (SSSR count). The van der Waals surface area contributed by atoms with E-state index in [-0.39, 0.29) is 11.1 Å². The number of Topliss-reactive ketones (excluding diaryl/α,β-unsaturated/α-hetero) is 1. The minimum absolute atomic E-state index is 0.0278. The Labute approximate surface area is 78.9 Å². The Kier molecular flexibility index (Phi) is 3.22. The summed E-state index contributed by atoms with van der Waals surface area (Å²) in [6.07, 6.45) is 1.59. The first kappa shape index (κ1) is 9.19. The third-order valence-electron chi connectivity index (χ3n) is 1.39. The molecule has 0 N–H and O–H groups in total. The molecule has 0 aliphatic heterocycles. The number of alkyl halides is 1. The third kappa shape index (κ3) is 1.82. The van der Waals surface area contributed by atoms with Crippen LogP contribution in [0, 0.1) is 0 Å². The van der Waals surface area contributed by atoms with E-state index < -0.39 is 0 Å². The number of carbonyl (C=O) groups excluding carboxylic acids is 1. The van der Waals surface area contributed by atoms with E-state index in [1.165, 1.54) is 7.11 Å². The maximum absolute atomic E-state index is 11.2. The molecule has 0 atom stereocenters. The van der Waals surface area contributed by atoms with Gasteiger partial charge in [0.05, 0.1) is 18.0 Å². The Morgan fingerprint density at radius 2 is 2.50 bits per heavy atom. The second-order valence-electron chi connectivity index (χ2n) is 2.12. The molecule has 0 amide bonds. The van der Waals surface area contributed by atoms with Crippen LogP contribution in [0.25, 0.3) is 0 Å². The highest BCUT2D eigenvalue weighted by molar-refractivity contribution is 9.09.